The Morgan fingerprint density at radius 1 is 1.15 bits per heavy atom. The molecule has 1 aromatic carbocycles. The summed E-state index contributed by atoms with van der Waals surface area (Å²) in [7, 11) is 0. The number of carbonyl (C=O) groups is 2. The van der Waals surface area contributed by atoms with Crippen LogP contribution in [0.2, 0.25) is 0 Å². The second-order valence-electron chi connectivity index (χ2n) is 6.46. The molecule has 8 heteroatoms. The van der Waals surface area contributed by atoms with E-state index >= 15 is 0 Å². The van der Waals surface area contributed by atoms with Crippen molar-refractivity contribution < 1.29 is 9.59 Å². The number of aryl methyl sites for hydroxylation is 2. The first-order valence-corrected chi connectivity index (χ1v) is 10.3. The monoisotopic (exact) mass is 398 g/mol. The number of carbonyl (C=O) groups excluding carboxylic acids is 2. The van der Waals surface area contributed by atoms with Gasteiger partial charge in [-0.2, -0.15) is 0 Å². The van der Waals surface area contributed by atoms with Gasteiger partial charge in [0.05, 0.1) is 5.56 Å². The summed E-state index contributed by atoms with van der Waals surface area (Å²) >= 11 is 3.08. The van der Waals surface area contributed by atoms with Crippen molar-refractivity contribution in [3.8, 4) is 0 Å². The van der Waals surface area contributed by atoms with Crippen LogP contribution in [0.1, 0.15) is 33.6 Å². The number of hydrogen-bond acceptors (Lipinski definition) is 6. The molecule has 3 aromatic rings. The molecule has 0 spiro atoms. The highest BCUT2D eigenvalue weighted by Crippen LogP contribution is 2.38. The summed E-state index contributed by atoms with van der Waals surface area (Å²) in [5, 5.41) is 1.85. The lowest BCUT2D eigenvalue weighted by atomic mass is 10.2. The van der Waals surface area contributed by atoms with Gasteiger partial charge >= 0.3 is 0 Å². The Morgan fingerprint density at radius 3 is 2.70 bits per heavy atom. The van der Waals surface area contributed by atoms with E-state index < -0.39 is 0 Å². The zero-order valence-electron chi connectivity index (χ0n) is 14.9. The van der Waals surface area contributed by atoms with Gasteiger partial charge in [0.1, 0.15) is 16.2 Å². The van der Waals surface area contributed by atoms with Crippen molar-refractivity contribution in [2.45, 2.75) is 36.6 Å². The number of amides is 2. The summed E-state index contributed by atoms with van der Waals surface area (Å²) in [4.78, 5) is 36.1. The van der Waals surface area contributed by atoms with Gasteiger partial charge in [0.15, 0.2) is 0 Å². The van der Waals surface area contributed by atoms with Crippen LogP contribution in [0.3, 0.4) is 0 Å². The number of thiophene rings is 1. The van der Waals surface area contributed by atoms with Gasteiger partial charge in [-0.15, -0.1) is 11.3 Å². The quantitative estimate of drug-likeness (QED) is 0.518. The molecule has 1 saturated carbocycles. The molecule has 1 aliphatic carbocycles. The van der Waals surface area contributed by atoms with E-state index in [2.05, 4.69) is 34.7 Å². The lowest BCUT2D eigenvalue weighted by Gasteiger charge is -2.11. The van der Waals surface area contributed by atoms with Crippen molar-refractivity contribution >= 4 is 45.1 Å². The largest absolute Gasteiger partial charge is 0.273 e. The Bertz CT molecular complexity index is 1040. The van der Waals surface area contributed by atoms with E-state index in [1.165, 1.54) is 16.6 Å². The van der Waals surface area contributed by atoms with Crippen LogP contribution in [0.15, 0.2) is 40.5 Å². The lowest BCUT2D eigenvalue weighted by Crippen LogP contribution is -2.42. The van der Waals surface area contributed by atoms with Crippen molar-refractivity contribution in [3.05, 3.63) is 46.6 Å². The van der Waals surface area contributed by atoms with Gasteiger partial charge in [0, 0.05) is 21.1 Å². The van der Waals surface area contributed by atoms with E-state index in [1.807, 2.05) is 12.1 Å². The van der Waals surface area contributed by atoms with Crippen LogP contribution >= 0.6 is 23.1 Å². The first-order valence-electron chi connectivity index (χ1n) is 8.62. The van der Waals surface area contributed by atoms with Gasteiger partial charge < -0.3 is 0 Å². The van der Waals surface area contributed by atoms with E-state index in [0.717, 1.165) is 38.5 Å². The number of rotatable bonds is 4. The number of nitrogens with one attached hydrogen (secondary N) is 2. The standard InChI is InChI=1S/C19H18N4O2S2/c1-10-11(2)26-18-15(10)19(21-9-20-18)27-14-6-4-3-5-13(14)17(25)23-22-16(24)12-7-8-12/h3-6,9,12H,7-8H2,1-2H3,(H,22,24)(H,23,25). The molecule has 27 heavy (non-hydrogen) atoms. The maximum absolute atomic E-state index is 12.6. The molecule has 1 fully saturated rings. The molecule has 138 valence electrons. The zero-order chi connectivity index (χ0) is 19.0. The maximum atomic E-state index is 12.6. The first-order chi connectivity index (χ1) is 13.0. The predicted octanol–water partition coefficient (Wildman–Crippen LogP) is 3.63. The fourth-order valence-electron chi connectivity index (χ4n) is 2.71. The number of hydrazine groups is 1. The number of nitrogens with zero attached hydrogens (tertiary/aromatic N) is 2. The Hall–Kier alpha value is -2.45. The van der Waals surface area contributed by atoms with Crippen molar-refractivity contribution in [2.75, 3.05) is 0 Å². The molecule has 0 saturated heterocycles. The zero-order valence-corrected chi connectivity index (χ0v) is 16.5. The van der Waals surface area contributed by atoms with Gasteiger partial charge in [-0.25, -0.2) is 9.97 Å². The van der Waals surface area contributed by atoms with E-state index in [1.54, 1.807) is 29.8 Å². The second-order valence-corrected chi connectivity index (χ2v) is 8.69. The highest BCUT2D eigenvalue weighted by molar-refractivity contribution is 7.99. The van der Waals surface area contributed by atoms with Gasteiger partial charge in [-0.3, -0.25) is 20.4 Å². The van der Waals surface area contributed by atoms with Gasteiger partial charge in [0.25, 0.3) is 5.91 Å². The third-order valence-electron chi connectivity index (χ3n) is 4.52. The molecule has 4 rings (SSSR count). The Morgan fingerprint density at radius 2 is 1.93 bits per heavy atom. The molecule has 0 aliphatic heterocycles. The third kappa shape index (κ3) is 3.68. The highest BCUT2D eigenvalue weighted by Gasteiger charge is 2.30. The predicted molar refractivity (Wildman–Crippen MR) is 106 cm³/mol. The fraction of sp³-hybridized carbons (Fsp3) is 0.263. The van der Waals surface area contributed by atoms with Crippen LogP contribution in [0, 0.1) is 19.8 Å². The fourth-order valence-corrected chi connectivity index (χ4v) is 4.85. The minimum Gasteiger partial charge on any atom is -0.273 e. The average molecular weight is 399 g/mol. The van der Waals surface area contributed by atoms with Gasteiger partial charge in [-0.05, 0) is 44.4 Å². The summed E-state index contributed by atoms with van der Waals surface area (Å²) in [5.74, 6) is -0.431. The van der Waals surface area contributed by atoms with E-state index in [4.69, 9.17) is 0 Å². The molecule has 0 radical (unpaired) electrons. The van der Waals surface area contributed by atoms with Crippen LogP contribution in [0.5, 0.6) is 0 Å². The van der Waals surface area contributed by atoms with E-state index in [0.29, 0.717) is 5.56 Å². The van der Waals surface area contributed by atoms with Crippen LogP contribution < -0.4 is 10.9 Å². The SMILES string of the molecule is Cc1sc2ncnc(Sc3ccccc3C(=O)NNC(=O)C3CC3)c2c1C. The van der Waals surface area contributed by atoms with E-state index in [9.17, 15) is 9.59 Å². The molecule has 0 bridgehead atoms. The molecule has 0 atom stereocenters. The van der Waals surface area contributed by atoms with Crippen molar-refractivity contribution in [1.82, 2.24) is 20.8 Å². The topological polar surface area (TPSA) is 84.0 Å². The molecular weight excluding hydrogens is 380 g/mol. The van der Waals surface area contributed by atoms with Crippen molar-refractivity contribution in [3.63, 3.8) is 0 Å². The van der Waals surface area contributed by atoms with Gasteiger partial charge in [0.2, 0.25) is 5.91 Å². The van der Waals surface area contributed by atoms with Crippen molar-refractivity contribution in [1.29, 1.82) is 0 Å². The van der Waals surface area contributed by atoms with E-state index in [-0.39, 0.29) is 17.7 Å². The smallest absolute Gasteiger partial charge is 0.270 e. The number of hydrogen-bond donors (Lipinski definition) is 2. The van der Waals surface area contributed by atoms with Crippen molar-refractivity contribution in [2.24, 2.45) is 5.92 Å². The molecular formula is C19H18N4O2S2. The Balaban J connectivity index is 1.60. The summed E-state index contributed by atoms with van der Waals surface area (Å²) in [5.41, 5.74) is 6.68. The van der Waals surface area contributed by atoms with Crippen LogP contribution in [-0.4, -0.2) is 21.8 Å². The molecule has 2 N–H and O–H groups in total. The van der Waals surface area contributed by atoms with Crippen LogP contribution in [0.4, 0.5) is 0 Å². The average Bonchev–Trinajstić information content (AvgIpc) is 3.47. The maximum Gasteiger partial charge on any atom is 0.270 e. The third-order valence-corrected chi connectivity index (χ3v) is 6.71. The molecule has 6 nitrogen and oxygen atoms in total. The minimum atomic E-state index is -0.337. The Labute approximate surface area is 164 Å². The lowest BCUT2D eigenvalue weighted by molar-refractivity contribution is -0.123. The normalized spacial score (nSPS) is 13.6. The molecule has 2 aromatic heterocycles. The number of aromatic nitrogens is 2. The summed E-state index contributed by atoms with van der Waals surface area (Å²) in [6.45, 7) is 4.13. The number of benzene rings is 1. The second kappa shape index (κ2) is 7.28. The van der Waals surface area contributed by atoms with Crippen LogP contribution in [-0.2, 0) is 4.79 Å². The Kier molecular flexibility index (Phi) is 4.84. The minimum absolute atomic E-state index is 0.0361. The summed E-state index contributed by atoms with van der Waals surface area (Å²) < 4.78 is 0. The molecule has 1 aliphatic rings. The first kappa shape index (κ1) is 17.9. The summed E-state index contributed by atoms with van der Waals surface area (Å²) in [6.07, 6.45) is 3.33. The van der Waals surface area contributed by atoms with Crippen LogP contribution in [0.25, 0.3) is 10.2 Å². The highest BCUT2D eigenvalue weighted by atomic mass is 32.2. The molecule has 2 amide bonds. The number of fused-ring (bicyclic) bond motifs is 1. The summed E-state index contributed by atoms with van der Waals surface area (Å²) in [6, 6.07) is 7.30. The molecule has 0 unspecified atom stereocenters. The van der Waals surface area contributed by atoms with Gasteiger partial charge in [-0.1, -0.05) is 23.9 Å². The molecule has 2 heterocycles.